The second-order valence-electron chi connectivity index (χ2n) is 4.78. The fraction of sp³-hybridized carbons (Fsp3) is 0.909. The van der Waals surface area contributed by atoms with Crippen molar-refractivity contribution < 1.29 is 13.2 Å². The lowest BCUT2D eigenvalue weighted by atomic mass is 10.1. The fourth-order valence-corrected chi connectivity index (χ4v) is 3.71. The molecule has 0 bridgehead atoms. The summed E-state index contributed by atoms with van der Waals surface area (Å²) in [4.78, 5) is 11.4. The van der Waals surface area contributed by atoms with E-state index in [-0.39, 0.29) is 30.2 Å². The first-order chi connectivity index (χ1) is 7.93. The Balaban J connectivity index is 2.14. The summed E-state index contributed by atoms with van der Waals surface area (Å²) in [5, 5.41) is 5.87. The summed E-state index contributed by atoms with van der Waals surface area (Å²) in [7, 11) is -2.81. The Kier molecular flexibility index (Phi) is 5.39. The summed E-state index contributed by atoms with van der Waals surface area (Å²) in [6.07, 6.45) is 1.62. The number of carbonyl (C=O) groups excluding carboxylic acids is 1. The number of hydrogen-bond donors (Lipinski definition) is 2. The van der Waals surface area contributed by atoms with Crippen LogP contribution in [0.4, 0.5) is 0 Å². The molecule has 1 amide bonds. The summed E-state index contributed by atoms with van der Waals surface area (Å²) < 4.78 is 22.4. The van der Waals surface area contributed by atoms with Crippen LogP contribution in [0.2, 0.25) is 0 Å². The molecule has 100 valence electrons. The van der Waals surface area contributed by atoms with Gasteiger partial charge >= 0.3 is 0 Å². The first-order valence-corrected chi connectivity index (χ1v) is 7.95. The number of amides is 1. The summed E-state index contributed by atoms with van der Waals surface area (Å²) in [5.74, 6) is 0.683. The molecule has 0 radical (unpaired) electrons. The Morgan fingerprint density at radius 1 is 1.47 bits per heavy atom. The minimum absolute atomic E-state index is 0.0276. The second-order valence-corrected chi connectivity index (χ2v) is 7.01. The van der Waals surface area contributed by atoms with Gasteiger partial charge in [0.25, 0.3) is 0 Å². The molecule has 1 rings (SSSR count). The van der Waals surface area contributed by atoms with Crippen molar-refractivity contribution in [1.82, 2.24) is 10.6 Å². The molecular weight excluding hydrogens is 240 g/mol. The van der Waals surface area contributed by atoms with Crippen LogP contribution in [0.15, 0.2) is 0 Å². The van der Waals surface area contributed by atoms with Gasteiger partial charge in [0.15, 0.2) is 9.84 Å². The van der Waals surface area contributed by atoms with Crippen molar-refractivity contribution in [2.24, 2.45) is 5.92 Å². The normalized spacial score (nSPS) is 24.5. The highest BCUT2D eigenvalue weighted by Gasteiger charge is 2.27. The van der Waals surface area contributed by atoms with E-state index in [1.165, 1.54) is 0 Å². The van der Waals surface area contributed by atoms with Crippen LogP contribution in [-0.2, 0) is 14.6 Å². The lowest BCUT2D eigenvalue weighted by Gasteiger charge is -2.13. The highest BCUT2D eigenvalue weighted by Crippen LogP contribution is 2.17. The Morgan fingerprint density at radius 2 is 2.18 bits per heavy atom. The number of sulfone groups is 1. The van der Waals surface area contributed by atoms with E-state index in [0.717, 1.165) is 6.42 Å². The Morgan fingerprint density at radius 3 is 2.71 bits per heavy atom. The quantitative estimate of drug-likeness (QED) is 0.702. The largest absolute Gasteiger partial charge is 0.353 e. The maximum absolute atomic E-state index is 11.4. The van der Waals surface area contributed by atoms with Crippen LogP contribution >= 0.6 is 0 Å². The maximum Gasteiger partial charge on any atom is 0.234 e. The van der Waals surface area contributed by atoms with Crippen molar-refractivity contribution in [2.75, 3.05) is 24.6 Å². The molecule has 1 fully saturated rings. The van der Waals surface area contributed by atoms with Crippen LogP contribution in [0.25, 0.3) is 0 Å². The van der Waals surface area contributed by atoms with E-state index in [2.05, 4.69) is 10.6 Å². The molecule has 0 spiro atoms. The zero-order chi connectivity index (χ0) is 12.9. The standard InChI is InChI=1S/C11H22N2O3S/c1-3-9(2)13-11(14)7-12-6-10-4-5-17(15,16)8-10/h9-10,12H,3-8H2,1-2H3,(H,13,14). The fourth-order valence-electron chi connectivity index (χ4n) is 1.85. The third kappa shape index (κ3) is 5.50. The molecule has 6 heteroatoms. The molecule has 2 N–H and O–H groups in total. The molecule has 1 saturated heterocycles. The van der Waals surface area contributed by atoms with Gasteiger partial charge in [-0.05, 0) is 32.2 Å². The topological polar surface area (TPSA) is 75.3 Å². The molecular formula is C11H22N2O3S. The Labute approximate surface area is 103 Å². The predicted octanol–water partition coefficient (Wildman–Crippen LogP) is -0.0746. The lowest BCUT2D eigenvalue weighted by Crippen LogP contribution is -2.40. The van der Waals surface area contributed by atoms with Gasteiger partial charge in [0, 0.05) is 6.04 Å². The molecule has 1 heterocycles. The minimum Gasteiger partial charge on any atom is -0.353 e. The van der Waals surface area contributed by atoms with Crippen LogP contribution in [0, 0.1) is 5.92 Å². The summed E-state index contributed by atoms with van der Waals surface area (Å²) in [5.41, 5.74) is 0. The van der Waals surface area contributed by atoms with E-state index >= 15 is 0 Å². The van der Waals surface area contributed by atoms with Crippen LogP contribution in [0.5, 0.6) is 0 Å². The zero-order valence-electron chi connectivity index (χ0n) is 10.5. The van der Waals surface area contributed by atoms with Crippen molar-refractivity contribution in [3.63, 3.8) is 0 Å². The smallest absolute Gasteiger partial charge is 0.234 e. The monoisotopic (exact) mass is 262 g/mol. The van der Waals surface area contributed by atoms with Gasteiger partial charge in [-0.1, -0.05) is 6.92 Å². The van der Waals surface area contributed by atoms with E-state index in [9.17, 15) is 13.2 Å². The van der Waals surface area contributed by atoms with Gasteiger partial charge in [0.1, 0.15) is 0 Å². The van der Waals surface area contributed by atoms with Crippen molar-refractivity contribution in [1.29, 1.82) is 0 Å². The average molecular weight is 262 g/mol. The number of nitrogens with one attached hydrogen (secondary N) is 2. The molecule has 0 saturated carbocycles. The summed E-state index contributed by atoms with van der Waals surface area (Å²) in [6, 6.07) is 0.191. The second kappa shape index (κ2) is 6.35. The first-order valence-electron chi connectivity index (χ1n) is 6.13. The van der Waals surface area contributed by atoms with E-state index in [1.54, 1.807) is 0 Å². The summed E-state index contributed by atoms with van der Waals surface area (Å²) in [6.45, 7) is 4.84. The van der Waals surface area contributed by atoms with E-state index in [0.29, 0.717) is 18.7 Å². The van der Waals surface area contributed by atoms with Crippen LogP contribution in [0.3, 0.4) is 0 Å². The van der Waals surface area contributed by atoms with Crippen molar-refractivity contribution in [3.05, 3.63) is 0 Å². The number of rotatable bonds is 6. The molecule has 0 aromatic carbocycles. The van der Waals surface area contributed by atoms with Crippen molar-refractivity contribution >= 4 is 15.7 Å². The van der Waals surface area contributed by atoms with Gasteiger partial charge in [-0.3, -0.25) is 4.79 Å². The maximum atomic E-state index is 11.4. The average Bonchev–Trinajstić information content (AvgIpc) is 2.58. The van der Waals surface area contributed by atoms with Gasteiger partial charge in [-0.15, -0.1) is 0 Å². The molecule has 1 aliphatic rings. The Bertz CT molecular complexity index is 354. The van der Waals surface area contributed by atoms with Gasteiger partial charge < -0.3 is 10.6 Å². The third-order valence-electron chi connectivity index (χ3n) is 3.07. The molecule has 2 unspecified atom stereocenters. The molecule has 5 nitrogen and oxygen atoms in total. The third-order valence-corrected chi connectivity index (χ3v) is 4.90. The lowest BCUT2D eigenvalue weighted by molar-refractivity contribution is -0.120. The minimum atomic E-state index is -2.81. The molecule has 1 aliphatic heterocycles. The molecule has 0 aliphatic carbocycles. The van der Waals surface area contributed by atoms with Gasteiger partial charge in [-0.2, -0.15) is 0 Å². The molecule has 0 aromatic heterocycles. The highest BCUT2D eigenvalue weighted by atomic mass is 32.2. The van der Waals surface area contributed by atoms with Crippen LogP contribution in [-0.4, -0.2) is 45.0 Å². The van der Waals surface area contributed by atoms with Crippen molar-refractivity contribution in [2.45, 2.75) is 32.7 Å². The van der Waals surface area contributed by atoms with Crippen molar-refractivity contribution in [3.8, 4) is 0 Å². The zero-order valence-corrected chi connectivity index (χ0v) is 11.3. The van der Waals surface area contributed by atoms with E-state index < -0.39 is 9.84 Å². The highest BCUT2D eigenvalue weighted by molar-refractivity contribution is 7.91. The molecule has 2 atom stereocenters. The van der Waals surface area contributed by atoms with Gasteiger partial charge in [-0.25, -0.2) is 8.42 Å². The number of carbonyl (C=O) groups is 1. The van der Waals surface area contributed by atoms with Gasteiger partial charge in [0.05, 0.1) is 18.1 Å². The Hall–Kier alpha value is -0.620. The van der Waals surface area contributed by atoms with Crippen LogP contribution in [0.1, 0.15) is 26.7 Å². The number of hydrogen-bond acceptors (Lipinski definition) is 4. The van der Waals surface area contributed by atoms with E-state index in [4.69, 9.17) is 0 Å². The first kappa shape index (κ1) is 14.4. The SMILES string of the molecule is CCC(C)NC(=O)CNCC1CCS(=O)(=O)C1. The van der Waals surface area contributed by atoms with Gasteiger partial charge in [0.2, 0.25) is 5.91 Å². The van der Waals surface area contributed by atoms with E-state index in [1.807, 2.05) is 13.8 Å². The molecule has 17 heavy (non-hydrogen) atoms. The summed E-state index contributed by atoms with van der Waals surface area (Å²) >= 11 is 0. The predicted molar refractivity (Wildman–Crippen MR) is 67.5 cm³/mol. The molecule has 0 aromatic rings. The van der Waals surface area contributed by atoms with Crippen LogP contribution < -0.4 is 10.6 Å².